The zero-order valence-corrected chi connectivity index (χ0v) is 30.7. The third kappa shape index (κ3) is 4.95. The third-order valence-corrected chi connectivity index (χ3v) is 11.9. The number of benzene rings is 9. The van der Waals surface area contributed by atoms with Gasteiger partial charge in [-0.05, 0) is 107 Å². The van der Waals surface area contributed by atoms with Gasteiger partial charge in [-0.3, -0.25) is 0 Å². The van der Waals surface area contributed by atoms with E-state index in [0.29, 0.717) is 5.82 Å². The first-order chi connectivity index (χ1) is 27.0. The molecule has 2 nitrogen and oxygen atoms in total. The van der Waals surface area contributed by atoms with Crippen LogP contribution in [0.25, 0.3) is 99.2 Å². The van der Waals surface area contributed by atoms with Gasteiger partial charge in [0.05, 0.1) is 11.4 Å². The molecular weight excluding hydrogens is 665 g/mol. The summed E-state index contributed by atoms with van der Waals surface area (Å²) in [5.74, 6) is 0.714. The lowest BCUT2D eigenvalue weighted by Gasteiger charge is -2.22. The minimum absolute atomic E-state index is 0.0727. The van der Waals surface area contributed by atoms with Crippen molar-refractivity contribution in [3.05, 3.63) is 193 Å². The Morgan fingerprint density at radius 2 is 0.855 bits per heavy atom. The molecule has 55 heavy (non-hydrogen) atoms. The van der Waals surface area contributed by atoms with Crippen molar-refractivity contribution in [1.82, 2.24) is 9.97 Å². The van der Waals surface area contributed by atoms with Crippen molar-refractivity contribution in [1.29, 1.82) is 0 Å². The molecule has 0 saturated carbocycles. The van der Waals surface area contributed by atoms with Crippen molar-refractivity contribution < 1.29 is 0 Å². The second-order valence-electron chi connectivity index (χ2n) is 15.4. The van der Waals surface area contributed by atoms with E-state index in [1.165, 1.54) is 76.5 Å². The zero-order chi connectivity index (χ0) is 36.7. The van der Waals surface area contributed by atoms with Gasteiger partial charge in [0.15, 0.2) is 5.82 Å². The fourth-order valence-corrected chi connectivity index (χ4v) is 9.08. The molecule has 0 N–H and O–H groups in total. The van der Waals surface area contributed by atoms with E-state index >= 15 is 0 Å². The second kappa shape index (κ2) is 12.1. The number of hydrogen-bond donors (Lipinski definition) is 0. The Morgan fingerprint density at radius 3 is 1.60 bits per heavy atom. The van der Waals surface area contributed by atoms with Gasteiger partial charge in [-0.15, -0.1) is 0 Å². The van der Waals surface area contributed by atoms with Gasteiger partial charge in [-0.1, -0.05) is 166 Å². The summed E-state index contributed by atoms with van der Waals surface area (Å²) in [4.78, 5) is 10.6. The highest BCUT2D eigenvalue weighted by Crippen LogP contribution is 2.51. The van der Waals surface area contributed by atoms with E-state index in [-0.39, 0.29) is 5.41 Å². The molecule has 0 unspecified atom stereocenters. The van der Waals surface area contributed by atoms with E-state index in [9.17, 15) is 0 Å². The molecule has 0 atom stereocenters. The first-order valence-electron chi connectivity index (χ1n) is 19.1. The van der Waals surface area contributed by atoms with Gasteiger partial charge in [-0.25, -0.2) is 9.97 Å². The Hall–Kier alpha value is -6.90. The summed E-state index contributed by atoms with van der Waals surface area (Å²) in [6.07, 6.45) is 0. The predicted molar refractivity (Wildman–Crippen MR) is 231 cm³/mol. The number of aromatic nitrogens is 2. The minimum atomic E-state index is -0.0727. The van der Waals surface area contributed by atoms with Gasteiger partial charge < -0.3 is 0 Å². The van der Waals surface area contributed by atoms with Crippen molar-refractivity contribution in [3.8, 4) is 56.2 Å². The monoisotopic (exact) mass is 700 g/mol. The number of hydrogen-bond acceptors (Lipinski definition) is 2. The molecule has 1 aromatic heterocycles. The molecule has 0 spiro atoms. The van der Waals surface area contributed by atoms with Crippen LogP contribution >= 0.6 is 0 Å². The Kier molecular flexibility index (Phi) is 6.93. The Bertz CT molecular complexity index is 3170. The van der Waals surface area contributed by atoms with Gasteiger partial charge in [0.2, 0.25) is 0 Å². The Morgan fingerprint density at radius 1 is 0.327 bits per heavy atom. The molecule has 11 rings (SSSR count). The molecule has 1 aliphatic carbocycles. The van der Waals surface area contributed by atoms with Crippen LogP contribution in [0.1, 0.15) is 25.0 Å². The van der Waals surface area contributed by atoms with E-state index in [4.69, 9.17) is 9.97 Å². The lowest BCUT2D eigenvalue weighted by molar-refractivity contribution is 0.661. The topological polar surface area (TPSA) is 25.8 Å². The largest absolute Gasteiger partial charge is 0.228 e. The summed E-state index contributed by atoms with van der Waals surface area (Å²) >= 11 is 0. The molecule has 0 aliphatic heterocycles. The first kappa shape index (κ1) is 31.6. The third-order valence-electron chi connectivity index (χ3n) is 11.9. The van der Waals surface area contributed by atoms with Crippen LogP contribution in [0.3, 0.4) is 0 Å². The molecule has 10 aromatic rings. The average molecular weight is 701 g/mol. The molecule has 0 radical (unpaired) electrons. The van der Waals surface area contributed by atoms with Crippen LogP contribution in [-0.2, 0) is 5.41 Å². The molecule has 0 bridgehead atoms. The summed E-state index contributed by atoms with van der Waals surface area (Å²) in [5.41, 5.74) is 12.8. The molecule has 9 aromatic carbocycles. The van der Waals surface area contributed by atoms with Crippen LogP contribution in [-0.4, -0.2) is 9.97 Å². The molecule has 0 fully saturated rings. The molecule has 0 amide bonds. The fraction of sp³-hybridized carbons (Fsp3) is 0.0566. The predicted octanol–water partition coefficient (Wildman–Crippen LogP) is 14.1. The van der Waals surface area contributed by atoms with Gasteiger partial charge in [0.25, 0.3) is 0 Å². The fourth-order valence-electron chi connectivity index (χ4n) is 9.08. The van der Waals surface area contributed by atoms with Crippen molar-refractivity contribution >= 4 is 43.1 Å². The van der Waals surface area contributed by atoms with Gasteiger partial charge in [0.1, 0.15) is 0 Å². The van der Waals surface area contributed by atoms with Crippen molar-refractivity contribution in [2.45, 2.75) is 19.3 Å². The minimum Gasteiger partial charge on any atom is -0.228 e. The van der Waals surface area contributed by atoms with Gasteiger partial charge in [-0.2, -0.15) is 0 Å². The summed E-state index contributed by atoms with van der Waals surface area (Å²) in [6, 6.07) is 66.0. The van der Waals surface area contributed by atoms with E-state index < -0.39 is 0 Å². The maximum Gasteiger partial charge on any atom is 0.160 e. The summed E-state index contributed by atoms with van der Waals surface area (Å²) < 4.78 is 0. The standard InChI is InChI=1S/C53H36N2/c1-53(2)48-27-24-37(29-45(48)46-28-34-16-6-7-17-35(34)31-49(46)53)39-25-26-44(42-22-12-10-21-41(39)42)50-32-51(55-52(54-50)33-14-4-3-5-15-33)47-30-36-18-8-9-19-38(36)40-20-11-13-23-43(40)47/h3-32H,1-2H3. The number of fused-ring (bicyclic) bond motifs is 8. The smallest absolute Gasteiger partial charge is 0.160 e. The van der Waals surface area contributed by atoms with E-state index in [1.807, 2.05) is 6.07 Å². The highest BCUT2D eigenvalue weighted by molar-refractivity contribution is 6.14. The first-order valence-corrected chi connectivity index (χ1v) is 19.1. The lowest BCUT2D eigenvalue weighted by atomic mass is 9.81. The van der Waals surface area contributed by atoms with Crippen molar-refractivity contribution in [2.75, 3.05) is 0 Å². The molecule has 1 heterocycles. The summed E-state index contributed by atoms with van der Waals surface area (Å²) in [6.45, 7) is 4.72. The maximum absolute atomic E-state index is 5.30. The molecular formula is C53H36N2. The van der Waals surface area contributed by atoms with Crippen molar-refractivity contribution in [3.63, 3.8) is 0 Å². The van der Waals surface area contributed by atoms with Crippen LogP contribution in [0.5, 0.6) is 0 Å². The number of rotatable bonds is 4. The van der Waals surface area contributed by atoms with E-state index in [1.54, 1.807) is 0 Å². The summed E-state index contributed by atoms with van der Waals surface area (Å²) in [5, 5.41) is 9.78. The summed E-state index contributed by atoms with van der Waals surface area (Å²) in [7, 11) is 0. The van der Waals surface area contributed by atoms with Crippen molar-refractivity contribution in [2.24, 2.45) is 0 Å². The normalized spacial score (nSPS) is 13.1. The SMILES string of the molecule is CC1(C)c2ccc(-c3ccc(-c4cc(-c5cc6ccccc6c6ccccc56)nc(-c5ccccc5)n4)c4ccccc34)cc2-c2cc3ccccc3cc21. The average Bonchev–Trinajstić information content (AvgIpc) is 3.46. The molecule has 2 heteroatoms. The van der Waals surface area contributed by atoms with E-state index in [2.05, 4.69) is 190 Å². The number of nitrogens with zero attached hydrogens (tertiary/aromatic N) is 2. The van der Waals surface area contributed by atoms with Gasteiger partial charge in [0, 0.05) is 22.1 Å². The van der Waals surface area contributed by atoms with Crippen LogP contribution in [0, 0.1) is 0 Å². The van der Waals surface area contributed by atoms with Crippen LogP contribution in [0.4, 0.5) is 0 Å². The quantitative estimate of drug-likeness (QED) is 0.171. The molecule has 258 valence electrons. The highest BCUT2D eigenvalue weighted by atomic mass is 14.9. The maximum atomic E-state index is 5.30. The van der Waals surface area contributed by atoms with Crippen LogP contribution < -0.4 is 0 Å². The van der Waals surface area contributed by atoms with E-state index in [0.717, 1.165) is 28.1 Å². The lowest BCUT2D eigenvalue weighted by Crippen LogP contribution is -2.14. The zero-order valence-electron chi connectivity index (χ0n) is 30.7. The Balaban J connectivity index is 1.11. The van der Waals surface area contributed by atoms with Crippen LogP contribution in [0.2, 0.25) is 0 Å². The van der Waals surface area contributed by atoms with Gasteiger partial charge >= 0.3 is 0 Å². The Labute approximate surface area is 320 Å². The molecule has 0 saturated heterocycles. The molecule has 1 aliphatic rings. The second-order valence-corrected chi connectivity index (χ2v) is 15.4. The highest BCUT2D eigenvalue weighted by Gasteiger charge is 2.36. The van der Waals surface area contributed by atoms with Crippen LogP contribution in [0.15, 0.2) is 182 Å².